The van der Waals surface area contributed by atoms with Crippen LogP contribution in [0.1, 0.15) is 34.6 Å². The molecule has 2 aromatic carbocycles. The smallest absolute Gasteiger partial charge is 0.260 e. The molecule has 2 amide bonds. The van der Waals surface area contributed by atoms with Crippen molar-refractivity contribution in [3.8, 4) is 11.4 Å². The van der Waals surface area contributed by atoms with Crippen molar-refractivity contribution in [1.29, 1.82) is 0 Å². The number of nitrogens with zero attached hydrogens (tertiary/aromatic N) is 3. The summed E-state index contributed by atoms with van der Waals surface area (Å²) in [6.07, 6.45) is 2.09. The number of benzene rings is 2. The maximum absolute atomic E-state index is 12.7. The van der Waals surface area contributed by atoms with Gasteiger partial charge in [-0.3, -0.25) is 9.59 Å². The van der Waals surface area contributed by atoms with Crippen LogP contribution >= 0.6 is 11.6 Å². The largest absolute Gasteiger partial charge is 0.484 e. The Hall–Kier alpha value is -3.32. The first-order chi connectivity index (χ1) is 15.4. The standard InChI is InChI=1S/C24H25ClN4O3/c1-16-23(25)17(2)29(27-16)20-10-8-18(9-11-20)24(31)26-19-6-5-7-21(14-19)32-15-22(30)28-12-3-4-13-28/h5-11,14H,3-4,12-13,15H2,1-2H3,(H,26,31). The van der Waals surface area contributed by atoms with E-state index in [0.29, 0.717) is 22.0 Å². The van der Waals surface area contributed by atoms with Crippen molar-refractivity contribution in [3.05, 3.63) is 70.5 Å². The number of rotatable bonds is 6. The first kappa shape index (κ1) is 21.9. The summed E-state index contributed by atoms with van der Waals surface area (Å²) in [5, 5.41) is 7.93. The van der Waals surface area contributed by atoms with E-state index in [1.165, 1.54) is 0 Å². The molecule has 1 aliphatic rings. The summed E-state index contributed by atoms with van der Waals surface area (Å²) < 4.78 is 7.39. The molecule has 1 fully saturated rings. The van der Waals surface area contributed by atoms with Gasteiger partial charge in [0, 0.05) is 30.4 Å². The highest BCUT2D eigenvalue weighted by molar-refractivity contribution is 6.31. The lowest BCUT2D eigenvalue weighted by atomic mass is 10.2. The van der Waals surface area contributed by atoms with E-state index in [9.17, 15) is 9.59 Å². The molecule has 1 aliphatic heterocycles. The van der Waals surface area contributed by atoms with Crippen LogP contribution in [-0.4, -0.2) is 46.2 Å². The second kappa shape index (κ2) is 9.44. The molecule has 166 valence electrons. The average Bonchev–Trinajstić information content (AvgIpc) is 3.43. The SMILES string of the molecule is Cc1nn(-c2ccc(C(=O)Nc3cccc(OCC(=O)N4CCCC4)c3)cc2)c(C)c1Cl. The third-order valence-electron chi connectivity index (χ3n) is 5.49. The maximum atomic E-state index is 12.7. The van der Waals surface area contributed by atoms with Gasteiger partial charge < -0.3 is 15.0 Å². The molecular weight excluding hydrogens is 428 g/mol. The molecule has 0 unspecified atom stereocenters. The fraction of sp³-hybridized carbons (Fsp3) is 0.292. The minimum absolute atomic E-state index is 0.00476. The first-order valence-corrected chi connectivity index (χ1v) is 10.9. The number of ether oxygens (including phenoxy) is 1. The third-order valence-corrected chi connectivity index (χ3v) is 6.04. The topological polar surface area (TPSA) is 76.5 Å². The molecule has 0 spiro atoms. The van der Waals surface area contributed by atoms with Crippen LogP contribution in [0.25, 0.3) is 5.69 Å². The van der Waals surface area contributed by atoms with Gasteiger partial charge in [0.15, 0.2) is 6.61 Å². The molecule has 0 aliphatic carbocycles. The minimum Gasteiger partial charge on any atom is -0.484 e. The Bertz CT molecular complexity index is 1130. The first-order valence-electron chi connectivity index (χ1n) is 10.6. The second-order valence-electron chi connectivity index (χ2n) is 7.80. The molecule has 32 heavy (non-hydrogen) atoms. The second-order valence-corrected chi connectivity index (χ2v) is 8.18. The summed E-state index contributed by atoms with van der Waals surface area (Å²) in [4.78, 5) is 26.7. The van der Waals surface area contributed by atoms with E-state index < -0.39 is 0 Å². The quantitative estimate of drug-likeness (QED) is 0.601. The summed E-state index contributed by atoms with van der Waals surface area (Å²) in [5.41, 5.74) is 3.54. The number of hydrogen-bond acceptors (Lipinski definition) is 4. The molecule has 0 saturated carbocycles. The van der Waals surface area contributed by atoms with E-state index in [-0.39, 0.29) is 18.4 Å². The number of carbonyl (C=O) groups excluding carboxylic acids is 2. The van der Waals surface area contributed by atoms with Crippen molar-refractivity contribution in [2.45, 2.75) is 26.7 Å². The zero-order valence-corrected chi connectivity index (χ0v) is 18.9. The Morgan fingerprint density at radius 2 is 1.81 bits per heavy atom. The van der Waals surface area contributed by atoms with Gasteiger partial charge in [0.1, 0.15) is 5.75 Å². The highest BCUT2D eigenvalue weighted by atomic mass is 35.5. The number of aromatic nitrogens is 2. The molecule has 2 heterocycles. The van der Waals surface area contributed by atoms with E-state index in [0.717, 1.165) is 43.0 Å². The summed E-state index contributed by atoms with van der Waals surface area (Å²) in [5.74, 6) is 0.279. The van der Waals surface area contributed by atoms with Gasteiger partial charge in [-0.15, -0.1) is 0 Å². The summed E-state index contributed by atoms with van der Waals surface area (Å²) in [6, 6.07) is 14.2. The lowest BCUT2D eigenvalue weighted by Gasteiger charge is -2.15. The van der Waals surface area contributed by atoms with Gasteiger partial charge in [0.2, 0.25) is 0 Å². The predicted octanol–water partition coefficient (Wildman–Crippen LogP) is 4.40. The van der Waals surface area contributed by atoms with Crippen LogP contribution in [-0.2, 0) is 4.79 Å². The normalized spacial score (nSPS) is 13.3. The molecular formula is C24H25ClN4O3. The number of aryl methyl sites for hydroxylation is 1. The molecule has 4 rings (SSSR count). The molecule has 7 nitrogen and oxygen atoms in total. The van der Waals surface area contributed by atoms with Crippen LogP contribution in [0.2, 0.25) is 5.02 Å². The number of halogens is 1. The number of amides is 2. The lowest BCUT2D eigenvalue weighted by Crippen LogP contribution is -2.32. The van der Waals surface area contributed by atoms with Gasteiger partial charge in [0.05, 0.1) is 22.1 Å². The van der Waals surface area contributed by atoms with Crippen LogP contribution in [0, 0.1) is 13.8 Å². The summed E-state index contributed by atoms with van der Waals surface area (Å²) >= 11 is 6.23. The van der Waals surface area contributed by atoms with Crippen LogP contribution in [0.15, 0.2) is 48.5 Å². The Balaban J connectivity index is 1.38. The number of carbonyl (C=O) groups is 2. The van der Waals surface area contributed by atoms with Crippen molar-refractivity contribution in [2.24, 2.45) is 0 Å². The molecule has 1 saturated heterocycles. The Labute approximate surface area is 191 Å². The zero-order chi connectivity index (χ0) is 22.7. The fourth-order valence-corrected chi connectivity index (χ4v) is 3.82. The molecule has 0 radical (unpaired) electrons. The van der Waals surface area contributed by atoms with Crippen molar-refractivity contribution >= 4 is 29.1 Å². The van der Waals surface area contributed by atoms with Gasteiger partial charge in [-0.25, -0.2) is 4.68 Å². The van der Waals surface area contributed by atoms with Gasteiger partial charge in [0.25, 0.3) is 11.8 Å². The molecule has 1 N–H and O–H groups in total. The molecule has 1 aromatic heterocycles. The number of likely N-dealkylation sites (tertiary alicyclic amines) is 1. The maximum Gasteiger partial charge on any atom is 0.260 e. The van der Waals surface area contributed by atoms with Crippen molar-refractivity contribution < 1.29 is 14.3 Å². The van der Waals surface area contributed by atoms with Crippen LogP contribution < -0.4 is 10.1 Å². The van der Waals surface area contributed by atoms with Gasteiger partial charge >= 0.3 is 0 Å². The predicted molar refractivity (Wildman–Crippen MR) is 124 cm³/mol. The van der Waals surface area contributed by atoms with Crippen LogP contribution in [0.5, 0.6) is 5.75 Å². The Morgan fingerprint density at radius 1 is 1.09 bits per heavy atom. The van der Waals surface area contributed by atoms with E-state index in [1.807, 2.05) is 30.9 Å². The van der Waals surface area contributed by atoms with E-state index in [4.69, 9.17) is 16.3 Å². The zero-order valence-electron chi connectivity index (χ0n) is 18.1. The van der Waals surface area contributed by atoms with E-state index in [1.54, 1.807) is 41.1 Å². The number of anilines is 1. The average molecular weight is 453 g/mol. The van der Waals surface area contributed by atoms with Gasteiger partial charge in [-0.2, -0.15) is 5.10 Å². The highest BCUT2D eigenvalue weighted by Crippen LogP contribution is 2.23. The van der Waals surface area contributed by atoms with Crippen molar-refractivity contribution in [3.63, 3.8) is 0 Å². The molecule has 8 heteroatoms. The summed E-state index contributed by atoms with van der Waals surface area (Å²) in [7, 11) is 0. The molecule has 0 bridgehead atoms. The molecule has 0 atom stereocenters. The van der Waals surface area contributed by atoms with Crippen LogP contribution in [0.4, 0.5) is 5.69 Å². The summed E-state index contributed by atoms with van der Waals surface area (Å²) in [6.45, 7) is 5.34. The van der Waals surface area contributed by atoms with Crippen molar-refractivity contribution in [2.75, 3.05) is 25.0 Å². The lowest BCUT2D eigenvalue weighted by molar-refractivity contribution is -0.132. The number of hydrogen-bond donors (Lipinski definition) is 1. The monoisotopic (exact) mass is 452 g/mol. The van der Waals surface area contributed by atoms with E-state index in [2.05, 4.69) is 10.4 Å². The van der Waals surface area contributed by atoms with E-state index >= 15 is 0 Å². The Morgan fingerprint density at radius 3 is 2.47 bits per heavy atom. The third kappa shape index (κ3) is 4.78. The fourth-order valence-electron chi connectivity index (χ4n) is 3.70. The van der Waals surface area contributed by atoms with Crippen LogP contribution in [0.3, 0.4) is 0 Å². The van der Waals surface area contributed by atoms with Gasteiger partial charge in [-0.1, -0.05) is 17.7 Å². The number of nitrogens with one attached hydrogen (secondary N) is 1. The van der Waals surface area contributed by atoms with Gasteiger partial charge in [-0.05, 0) is 63.1 Å². The van der Waals surface area contributed by atoms with Crippen molar-refractivity contribution in [1.82, 2.24) is 14.7 Å². The highest BCUT2D eigenvalue weighted by Gasteiger charge is 2.18. The Kier molecular flexibility index (Phi) is 6.46. The minimum atomic E-state index is -0.242. The molecule has 3 aromatic rings.